The van der Waals surface area contributed by atoms with Crippen molar-refractivity contribution in [3.63, 3.8) is 0 Å². The molecule has 0 bridgehead atoms. The highest BCUT2D eigenvalue weighted by atomic mass is 16.1. The van der Waals surface area contributed by atoms with Crippen LogP contribution < -0.4 is 5.32 Å². The normalized spacial score (nSPS) is 12.9. The van der Waals surface area contributed by atoms with E-state index in [0.29, 0.717) is 12.3 Å². The number of aryl methyl sites for hydroxylation is 1. The Morgan fingerprint density at radius 2 is 1.89 bits per heavy atom. The molecule has 1 N–H and O–H groups in total. The summed E-state index contributed by atoms with van der Waals surface area (Å²) in [5, 5.41) is 3.13. The number of anilines is 1. The van der Waals surface area contributed by atoms with Gasteiger partial charge in [0.1, 0.15) is 17.2 Å². The first-order valence-corrected chi connectivity index (χ1v) is 9.57. The molecule has 0 fully saturated rings. The quantitative estimate of drug-likeness (QED) is 0.631. The molecule has 0 aliphatic heterocycles. The topological polar surface area (TPSA) is 46.4 Å². The zero-order chi connectivity index (χ0) is 19.6. The van der Waals surface area contributed by atoms with Gasteiger partial charge >= 0.3 is 0 Å². The van der Waals surface area contributed by atoms with E-state index >= 15 is 0 Å². The monoisotopic (exact) mass is 363 g/mol. The summed E-state index contributed by atoms with van der Waals surface area (Å²) in [6.07, 6.45) is 3.49. The van der Waals surface area contributed by atoms with E-state index in [0.717, 1.165) is 34.7 Å². The minimum absolute atomic E-state index is 0.0336. The summed E-state index contributed by atoms with van der Waals surface area (Å²) in [5.41, 5.74) is 4.00. The summed E-state index contributed by atoms with van der Waals surface area (Å²) >= 11 is 0. The molecule has 3 rings (SSSR count). The van der Waals surface area contributed by atoms with Gasteiger partial charge in [0.15, 0.2) is 0 Å². The van der Waals surface area contributed by atoms with E-state index in [2.05, 4.69) is 33.0 Å². The zero-order valence-corrected chi connectivity index (χ0v) is 16.9. The molecule has 0 aliphatic carbocycles. The molecule has 0 unspecified atom stereocenters. The number of imidazole rings is 1. The molecule has 1 atom stereocenters. The average molecular weight is 364 g/mol. The summed E-state index contributed by atoms with van der Waals surface area (Å²) in [6, 6.07) is 14.1. The van der Waals surface area contributed by atoms with Gasteiger partial charge < -0.3 is 5.32 Å². The van der Waals surface area contributed by atoms with Crippen molar-refractivity contribution >= 4 is 17.4 Å². The molecule has 2 aromatic heterocycles. The van der Waals surface area contributed by atoms with Crippen molar-refractivity contribution in [1.29, 1.82) is 0 Å². The van der Waals surface area contributed by atoms with Gasteiger partial charge in [0, 0.05) is 18.2 Å². The summed E-state index contributed by atoms with van der Waals surface area (Å²) in [5.74, 6) is 1.10. The first kappa shape index (κ1) is 19.2. The summed E-state index contributed by atoms with van der Waals surface area (Å²) < 4.78 is 1.96. The lowest BCUT2D eigenvalue weighted by molar-refractivity contribution is -0.117. The highest BCUT2D eigenvalue weighted by Gasteiger charge is 2.20. The third kappa shape index (κ3) is 4.76. The molecule has 0 saturated carbocycles. The fourth-order valence-corrected chi connectivity index (χ4v) is 3.68. The van der Waals surface area contributed by atoms with E-state index in [1.54, 1.807) is 0 Å². The fraction of sp³-hybridized carbons (Fsp3) is 0.391. The number of nitrogens with zero attached hydrogens (tertiary/aromatic N) is 2. The van der Waals surface area contributed by atoms with Gasteiger partial charge in [-0.25, -0.2) is 4.98 Å². The molecule has 0 saturated heterocycles. The fourth-order valence-electron chi connectivity index (χ4n) is 3.68. The predicted octanol–water partition coefficient (Wildman–Crippen LogP) is 5.71. The molecule has 4 nitrogen and oxygen atoms in total. The molecule has 142 valence electrons. The zero-order valence-electron chi connectivity index (χ0n) is 16.9. The van der Waals surface area contributed by atoms with Crippen LogP contribution in [0.1, 0.15) is 46.1 Å². The lowest BCUT2D eigenvalue weighted by Gasteiger charge is -2.22. The maximum absolute atomic E-state index is 12.7. The van der Waals surface area contributed by atoms with Gasteiger partial charge in [0.25, 0.3) is 0 Å². The van der Waals surface area contributed by atoms with Crippen molar-refractivity contribution < 1.29 is 4.79 Å². The molecular weight excluding hydrogens is 334 g/mol. The van der Waals surface area contributed by atoms with Gasteiger partial charge in [-0.05, 0) is 42.4 Å². The number of fused-ring (bicyclic) bond motifs is 1. The van der Waals surface area contributed by atoms with E-state index in [4.69, 9.17) is 4.98 Å². The number of pyridine rings is 1. The van der Waals surface area contributed by atoms with Crippen molar-refractivity contribution in [1.82, 2.24) is 9.38 Å². The van der Waals surface area contributed by atoms with Crippen LogP contribution in [-0.2, 0) is 4.79 Å². The number of rotatable bonds is 5. The Kier molecular flexibility index (Phi) is 5.36. The molecular formula is C23H29N3O. The van der Waals surface area contributed by atoms with Crippen LogP contribution >= 0.6 is 0 Å². The molecule has 1 aromatic carbocycles. The van der Waals surface area contributed by atoms with Crippen LogP contribution in [0.2, 0.25) is 0 Å². The van der Waals surface area contributed by atoms with E-state index in [9.17, 15) is 4.79 Å². The van der Waals surface area contributed by atoms with Gasteiger partial charge in [0.2, 0.25) is 5.91 Å². The molecule has 3 aromatic rings. The van der Waals surface area contributed by atoms with Crippen molar-refractivity contribution in [2.24, 2.45) is 11.3 Å². The number of hydrogen-bond acceptors (Lipinski definition) is 2. The van der Waals surface area contributed by atoms with Gasteiger partial charge in [0.05, 0.1) is 0 Å². The molecule has 4 heteroatoms. The van der Waals surface area contributed by atoms with Crippen molar-refractivity contribution in [2.75, 3.05) is 5.32 Å². The number of carbonyl (C=O) groups excluding carboxylic acids is 1. The van der Waals surface area contributed by atoms with Crippen LogP contribution in [0.4, 0.5) is 5.82 Å². The Morgan fingerprint density at radius 1 is 1.19 bits per heavy atom. The number of carbonyl (C=O) groups is 1. The maximum Gasteiger partial charge on any atom is 0.225 e. The van der Waals surface area contributed by atoms with Crippen LogP contribution in [0.3, 0.4) is 0 Å². The number of aromatic nitrogens is 2. The Balaban J connectivity index is 1.92. The number of amides is 1. The molecule has 0 radical (unpaired) electrons. The lowest BCUT2D eigenvalue weighted by Crippen LogP contribution is -2.19. The average Bonchev–Trinajstić information content (AvgIpc) is 2.91. The second-order valence-electron chi connectivity index (χ2n) is 8.73. The summed E-state index contributed by atoms with van der Waals surface area (Å²) in [4.78, 5) is 17.5. The Bertz CT molecular complexity index is 935. The summed E-state index contributed by atoms with van der Waals surface area (Å²) in [7, 11) is 0. The third-order valence-corrected chi connectivity index (χ3v) is 4.58. The smallest absolute Gasteiger partial charge is 0.225 e. The minimum atomic E-state index is 0.0336. The standard InChI is InChI=1S/C23H29N3O/c1-16-11-12-26-19(13-16)24-21(18-9-7-6-8-10-18)22(26)25-20(27)14-17(2)15-23(3,4)5/h6-13,17H,14-15H2,1-5H3,(H,25,27)/t17-/m0/s1. The maximum atomic E-state index is 12.7. The first-order chi connectivity index (χ1) is 12.7. The predicted molar refractivity (Wildman–Crippen MR) is 112 cm³/mol. The largest absolute Gasteiger partial charge is 0.310 e. The molecule has 1 amide bonds. The van der Waals surface area contributed by atoms with Gasteiger partial charge in [-0.15, -0.1) is 0 Å². The minimum Gasteiger partial charge on any atom is -0.310 e. The van der Waals surface area contributed by atoms with E-state index in [1.807, 2.05) is 60.0 Å². The van der Waals surface area contributed by atoms with Crippen LogP contribution in [0.15, 0.2) is 48.7 Å². The highest BCUT2D eigenvalue weighted by Crippen LogP contribution is 2.30. The second kappa shape index (κ2) is 7.55. The summed E-state index contributed by atoms with van der Waals surface area (Å²) in [6.45, 7) is 10.8. The van der Waals surface area contributed by atoms with Crippen LogP contribution in [0.5, 0.6) is 0 Å². The third-order valence-electron chi connectivity index (χ3n) is 4.58. The number of benzene rings is 1. The first-order valence-electron chi connectivity index (χ1n) is 9.57. The lowest BCUT2D eigenvalue weighted by atomic mass is 9.84. The number of hydrogen-bond donors (Lipinski definition) is 1. The Labute approximate surface area is 161 Å². The van der Waals surface area contributed by atoms with Gasteiger partial charge in [-0.1, -0.05) is 58.0 Å². The molecule has 0 aliphatic rings. The SMILES string of the molecule is Cc1ccn2c(NC(=O)C[C@H](C)CC(C)(C)C)c(-c3ccccc3)nc2c1. The molecule has 2 heterocycles. The highest BCUT2D eigenvalue weighted by molar-refractivity contribution is 5.94. The van der Waals surface area contributed by atoms with Gasteiger partial charge in [-0.3, -0.25) is 9.20 Å². The van der Waals surface area contributed by atoms with Crippen molar-refractivity contribution in [3.8, 4) is 11.3 Å². The van der Waals surface area contributed by atoms with Gasteiger partial charge in [-0.2, -0.15) is 0 Å². The Hall–Kier alpha value is -2.62. The van der Waals surface area contributed by atoms with Crippen LogP contribution in [0.25, 0.3) is 16.9 Å². The van der Waals surface area contributed by atoms with Crippen molar-refractivity contribution in [3.05, 3.63) is 54.2 Å². The molecule has 0 spiro atoms. The number of nitrogens with one attached hydrogen (secondary N) is 1. The van der Waals surface area contributed by atoms with Crippen LogP contribution in [0, 0.1) is 18.3 Å². The van der Waals surface area contributed by atoms with E-state index in [1.165, 1.54) is 0 Å². The van der Waals surface area contributed by atoms with Crippen LogP contribution in [-0.4, -0.2) is 15.3 Å². The van der Waals surface area contributed by atoms with E-state index < -0.39 is 0 Å². The Morgan fingerprint density at radius 3 is 2.56 bits per heavy atom. The van der Waals surface area contributed by atoms with Crippen molar-refractivity contribution in [2.45, 2.75) is 47.5 Å². The van der Waals surface area contributed by atoms with E-state index in [-0.39, 0.29) is 11.3 Å². The molecule has 27 heavy (non-hydrogen) atoms. The second-order valence-corrected chi connectivity index (χ2v) is 8.73.